The molecule has 2 aliphatic rings. The van der Waals surface area contributed by atoms with Gasteiger partial charge in [0.25, 0.3) is 0 Å². The maximum Gasteiger partial charge on any atom is 0.324 e. The average molecular weight is 278 g/mol. The van der Waals surface area contributed by atoms with Gasteiger partial charge in [-0.15, -0.1) is 0 Å². The van der Waals surface area contributed by atoms with Crippen LogP contribution in [0.15, 0.2) is 48.8 Å². The van der Waals surface area contributed by atoms with Gasteiger partial charge < -0.3 is 20.1 Å². The van der Waals surface area contributed by atoms with Gasteiger partial charge in [-0.1, -0.05) is 43.0 Å². The second-order valence-electron chi connectivity index (χ2n) is 4.95. The highest BCUT2D eigenvalue weighted by atomic mass is 16.6. The Balaban J connectivity index is 2.51. The van der Waals surface area contributed by atoms with Crippen molar-refractivity contribution in [2.75, 3.05) is 0 Å². The maximum absolute atomic E-state index is 12.2. The highest BCUT2D eigenvalue weighted by molar-refractivity contribution is 5.84. The van der Waals surface area contributed by atoms with Crippen molar-refractivity contribution in [1.29, 1.82) is 0 Å². The third-order valence-corrected chi connectivity index (χ3v) is 3.84. The Bertz CT molecular complexity index is 504. The van der Waals surface area contributed by atoms with Crippen LogP contribution in [0.25, 0.3) is 0 Å². The normalized spacial score (nSPS) is 41.2. The second kappa shape index (κ2) is 5.36. The van der Waals surface area contributed by atoms with Crippen LogP contribution < -0.4 is 0 Å². The van der Waals surface area contributed by atoms with E-state index in [2.05, 4.69) is 6.58 Å². The molecular formula is C15H18O5. The lowest BCUT2D eigenvalue weighted by molar-refractivity contribution is -0.164. The standard InChI is InChI=1S/C15H18O5/c1-3-4-5-6-10-7-8-11(16)13(18)15(10)12(17)9(2)20-14(15)19/h3-8,10-13,16-18H,2H2,1H3/b4-3+,6-5+/t10-,11-,12+,13+,15+/m1/s1. The Kier molecular flexibility index (Phi) is 3.94. The fourth-order valence-electron chi connectivity index (χ4n) is 2.74. The third kappa shape index (κ3) is 1.95. The number of hydrogen-bond donors (Lipinski definition) is 3. The molecule has 0 aromatic rings. The zero-order valence-electron chi connectivity index (χ0n) is 11.1. The largest absolute Gasteiger partial charge is 0.428 e. The molecule has 5 heteroatoms. The van der Waals surface area contributed by atoms with Gasteiger partial charge in [0.2, 0.25) is 0 Å². The van der Waals surface area contributed by atoms with Crippen molar-refractivity contribution >= 4 is 5.97 Å². The van der Waals surface area contributed by atoms with Gasteiger partial charge >= 0.3 is 5.97 Å². The molecule has 0 saturated carbocycles. The molecule has 1 saturated heterocycles. The number of allylic oxidation sites excluding steroid dienone is 5. The summed E-state index contributed by atoms with van der Waals surface area (Å²) in [6.45, 7) is 5.32. The van der Waals surface area contributed by atoms with Crippen molar-refractivity contribution in [3.8, 4) is 0 Å². The van der Waals surface area contributed by atoms with Crippen LogP contribution in [-0.2, 0) is 9.53 Å². The Morgan fingerprint density at radius 2 is 2.00 bits per heavy atom. The van der Waals surface area contributed by atoms with Gasteiger partial charge in [-0.05, 0) is 6.92 Å². The first kappa shape index (κ1) is 14.7. The first-order chi connectivity index (χ1) is 9.46. The quantitative estimate of drug-likeness (QED) is 0.388. The topological polar surface area (TPSA) is 87.0 Å². The van der Waals surface area contributed by atoms with Crippen molar-refractivity contribution < 1.29 is 24.9 Å². The van der Waals surface area contributed by atoms with E-state index in [1.165, 1.54) is 6.08 Å². The summed E-state index contributed by atoms with van der Waals surface area (Å²) in [7, 11) is 0. The summed E-state index contributed by atoms with van der Waals surface area (Å²) in [6, 6.07) is 0. The molecule has 5 atom stereocenters. The Labute approximate surface area is 117 Å². The summed E-state index contributed by atoms with van der Waals surface area (Å²) in [6.07, 6.45) is 5.87. The molecule has 1 fully saturated rings. The van der Waals surface area contributed by atoms with E-state index in [1.54, 1.807) is 24.3 Å². The molecule has 0 radical (unpaired) electrons. The summed E-state index contributed by atoms with van der Waals surface area (Å²) in [5.41, 5.74) is -1.65. The molecule has 108 valence electrons. The summed E-state index contributed by atoms with van der Waals surface area (Å²) >= 11 is 0. The number of cyclic esters (lactones) is 1. The average Bonchev–Trinajstić information content (AvgIpc) is 2.63. The van der Waals surface area contributed by atoms with Gasteiger partial charge in [-0.3, -0.25) is 4.79 Å². The molecule has 0 amide bonds. The number of carbonyl (C=O) groups is 1. The van der Waals surface area contributed by atoms with Crippen LogP contribution >= 0.6 is 0 Å². The number of aliphatic hydroxyl groups is 3. The van der Waals surface area contributed by atoms with E-state index in [0.717, 1.165) is 0 Å². The van der Waals surface area contributed by atoms with E-state index in [-0.39, 0.29) is 5.76 Å². The van der Waals surface area contributed by atoms with E-state index >= 15 is 0 Å². The number of aliphatic hydroxyl groups excluding tert-OH is 3. The van der Waals surface area contributed by atoms with E-state index in [4.69, 9.17) is 4.74 Å². The number of ether oxygens (including phenoxy) is 1. The highest BCUT2D eigenvalue weighted by Crippen LogP contribution is 2.49. The Morgan fingerprint density at radius 1 is 1.30 bits per heavy atom. The van der Waals surface area contributed by atoms with Crippen molar-refractivity contribution in [3.05, 3.63) is 48.8 Å². The van der Waals surface area contributed by atoms with Crippen LogP contribution in [0.5, 0.6) is 0 Å². The minimum Gasteiger partial charge on any atom is -0.428 e. The lowest BCUT2D eigenvalue weighted by Gasteiger charge is -2.41. The molecule has 1 aliphatic carbocycles. The van der Waals surface area contributed by atoms with Crippen molar-refractivity contribution in [2.45, 2.75) is 25.2 Å². The van der Waals surface area contributed by atoms with Gasteiger partial charge in [-0.2, -0.15) is 0 Å². The molecule has 0 aromatic carbocycles. The fourth-order valence-corrected chi connectivity index (χ4v) is 2.74. The summed E-state index contributed by atoms with van der Waals surface area (Å²) in [5.74, 6) is -1.49. The van der Waals surface area contributed by atoms with Crippen LogP contribution in [0, 0.1) is 11.3 Å². The SMILES string of the molecule is C=C1OC(=O)[C@@]2([C@H](/C=C/C=C/C)C=C[C@@H](O)[C@@H]2O)[C@H]1O. The van der Waals surface area contributed by atoms with Gasteiger partial charge in [0.05, 0.1) is 6.10 Å². The molecule has 20 heavy (non-hydrogen) atoms. The molecule has 0 unspecified atom stereocenters. The number of carbonyl (C=O) groups excluding carboxylic acids is 1. The molecule has 1 spiro atoms. The Hall–Kier alpha value is -1.69. The number of rotatable bonds is 2. The maximum atomic E-state index is 12.2. The predicted octanol–water partition coefficient (Wildman–Crippen LogP) is 0.444. The van der Waals surface area contributed by atoms with Crippen LogP contribution in [0.4, 0.5) is 0 Å². The molecule has 5 nitrogen and oxygen atoms in total. The Morgan fingerprint density at radius 3 is 2.55 bits per heavy atom. The first-order valence-electron chi connectivity index (χ1n) is 6.39. The minimum absolute atomic E-state index is 0.110. The highest BCUT2D eigenvalue weighted by Gasteiger charge is 2.64. The van der Waals surface area contributed by atoms with E-state index in [9.17, 15) is 20.1 Å². The predicted molar refractivity (Wildman–Crippen MR) is 72.3 cm³/mol. The third-order valence-electron chi connectivity index (χ3n) is 3.84. The van der Waals surface area contributed by atoms with Gasteiger partial charge in [0.1, 0.15) is 23.4 Å². The van der Waals surface area contributed by atoms with Gasteiger partial charge in [-0.25, -0.2) is 0 Å². The van der Waals surface area contributed by atoms with Crippen molar-refractivity contribution in [3.63, 3.8) is 0 Å². The molecule has 0 bridgehead atoms. The summed E-state index contributed by atoms with van der Waals surface area (Å²) in [5, 5.41) is 30.3. The molecule has 1 aliphatic heterocycles. The number of esters is 1. The van der Waals surface area contributed by atoms with Crippen molar-refractivity contribution in [2.24, 2.45) is 11.3 Å². The monoisotopic (exact) mass is 278 g/mol. The molecule has 3 N–H and O–H groups in total. The minimum atomic E-state index is -1.65. The molecule has 2 rings (SSSR count). The molecule has 0 aromatic heterocycles. The van der Waals surface area contributed by atoms with Crippen LogP contribution in [0.2, 0.25) is 0 Å². The van der Waals surface area contributed by atoms with E-state index in [1.807, 2.05) is 13.0 Å². The zero-order valence-corrected chi connectivity index (χ0v) is 11.1. The fraction of sp³-hybridized carbons (Fsp3) is 0.400. The second-order valence-corrected chi connectivity index (χ2v) is 4.95. The summed E-state index contributed by atoms with van der Waals surface area (Å²) in [4.78, 5) is 12.2. The smallest absolute Gasteiger partial charge is 0.324 e. The zero-order chi connectivity index (χ0) is 14.9. The lowest BCUT2D eigenvalue weighted by Crippen LogP contribution is -2.57. The van der Waals surface area contributed by atoms with Crippen LogP contribution in [-0.4, -0.2) is 39.6 Å². The van der Waals surface area contributed by atoms with Crippen molar-refractivity contribution in [1.82, 2.24) is 0 Å². The van der Waals surface area contributed by atoms with E-state index < -0.39 is 35.6 Å². The van der Waals surface area contributed by atoms with Gasteiger partial charge in [0.15, 0.2) is 0 Å². The lowest BCUT2D eigenvalue weighted by atomic mass is 9.63. The van der Waals surface area contributed by atoms with Gasteiger partial charge in [0, 0.05) is 5.92 Å². The molecule has 1 heterocycles. The first-order valence-corrected chi connectivity index (χ1v) is 6.39. The summed E-state index contributed by atoms with van der Waals surface area (Å²) < 4.78 is 4.88. The number of hydrogen-bond acceptors (Lipinski definition) is 5. The van der Waals surface area contributed by atoms with Crippen LogP contribution in [0.3, 0.4) is 0 Å². The van der Waals surface area contributed by atoms with E-state index in [0.29, 0.717) is 0 Å². The van der Waals surface area contributed by atoms with Crippen LogP contribution in [0.1, 0.15) is 6.92 Å². The molecular weight excluding hydrogens is 260 g/mol.